The SMILES string of the molecule is CN1CC(Cc2ccccc2)NC1=NCc1nc(-c2ccc(F)cc2)n[nH]1.I. The molecule has 0 spiro atoms. The maximum absolute atomic E-state index is 13.0. The fraction of sp³-hybridized carbons (Fsp3) is 0.250. The molecule has 4 rings (SSSR count). The zero-order valence-corrected chi connectivity index (χ0v) is 17.8. The first kappa shape index (κ1) is 20.2. The highest BCUT2D eigenvalue weighted by Crippen LogP contribution is 2.15. The van der Waals surface area contributed by atoms with Crippen LogP contribution in [0.3, 0.4) is 0 Å². The van der Waals surface area contributed by atoms with E-state index in [1.54, 1.807) is 12.1 Å². The molecular formula is C20H22FIN6. The molecule has 0 aliphatic carbocycles. The highest BCUT2D eigenvalue weighted by Gasteiger charge is 2.24. The van der Waals surface area contributed by atoms with Gasteiger partial charge in [0.05, 0.1) is 6.04 Å². The van der Waals surface area contributed by atoms with Crippen LogP contribution in [0.4, 0.5) is 4.39 Å². The Morgan fingerprint density at radius 2 is 1.89 bits per heavy atom. The number of hydrogen-bond acceptors (Lipinski definition) is 3. The van der Waals surface area contributed by atoms with Gasteiger partial charge in [0.2, 0.25) is 0 Å². The molecule has 1 saturated heterocycles. The van der Waals surface area contributed by atoms with Crippen molar-refractivity contribution in [2.45, 2.75) is 19.0 Å². The minimum absolute atomic E-state index is 0. The van der Waals surface area contributed by atoms with Crippen molar-refractivity contribution in [2.75, 3.05) is 13.6 Å². The van der Waals surface area contributed by atoms with Crippen LogP contribution >= 0.6 is 24.0 Å². The molecule has 1 aromatic heterocycles. The predicted octanol–water partition coefficient (Wildman–Crippen LogP) is 3.23. The zero-order chi connectivity index (χ0) is 18.6. The first-order valence-electron chi connectivity index (χ1n) is 8.90. The summed E-state index contributed by atoms with van der Waals surface area (Å²) in [6, 6.07) is 16.9. The number of aliphatic imine (C=N–C) groups is 1. The zero-order valence-electron chi connectivity index (χ0n) is 15.5. The number of halogens is 2. The molecule has 1 fully saturated rings. The second kappa shape index (κ2) is 9.13. The number of nitrogens with one attached hydrogen (secondary N) is 2. The number of aromatic nitrogens is 3. The van der Waals surface area contributed by atoms with Crippen LogP contribution in [0.15, 0.2) is 59.6 Å². The van der Waals surface area contributed by atoms with Crippen molar-refractivity contribution in [1.82, 2.24) is 25.4 Å². The van der Waals surface area contributed by atoms with E-state index in [9.17, 15) is 4.39 Å². The summed E-state index contributed by atoms with van der Waals surface area (Å²) in [5.74, 6) is 1.79. The molecule has 146 valence electrons. The smallest absolute Gasteiger partial charge is 0.194 e. The summed E-state index contributed by atoms with van der Waals surface area (Å²) in [7, 11) is 2.03. The normalized spacial score (nSPS) is 17.4. The van der Waals surface area contributed by atoms with Crippen LogP contribution in [0.2, 0.25) is 0 Å². The van der Waals surface area contributed by atoms with Crippen LogP contribution < -0.4 is 5.32 Å². The summed E-state index contributed by atoms with van der Waals surface area (Å²) in [6.07, 6.45) is 0.960. The average Bonchev–Trinajstić information content (AvgIpc) is 3.28. The third-order valence-electron chi connectivity index (χ3n) is 4.53. The summed E-state index contributed by atoms with van der Waals surface area (Å²) in [6.45, 7) is 1.31. The van der Waals surface area contributed by atoms with Gasteiger partial charge in [0.15, 0.2) is 11.8 Å². The third kappa shape index (κ3) is 4.86. The fourth-order valence-electron chi connectivity index (χ4n) is 3.18. The molecule has 0 saturated carbocycles. The van der Waals surface area contributed by atoms with Crippen LogP contribution in [0, 0.1) is 5.82 Å². The number of hydrogen-bond donors (Lipinski definition) is 2. The molecule has 8 heteroatoms. The Balaban J connectivity index is 0.00000225. The van der Waals surface area contributed by atoms with Crippen LogP contribution in [-0.2, 0) is 13.0 Å². The average molecular weight is 492 g/mol. The molecule has 2 heterocycles. The lowest BCUT2D eigenvalue weighted by molar-refractivity contribution is 0.502. The Morgan fingerprint density at radius 3 is 2.64 bits per heavy atom. The van der Waals surface area contributed by atoms with Crippen LogP contribution in [0.5, 0.6) is 0 Å². The van der Waals surface area contributed by atoms with Crippen molar-refractivity contribution in [1.29, 1.82) is 0 Å². The van der Waals surface area contributed by atoms with Gasteiger partial charge in [-0.15, -0.1) is 24.0 Å². The second-order valence-electron chi connectivity index (χ2n) is 6.66. The van der Waals surface area contributed by atoms with Crippen molar-refractivity contribution >= 4 is 29.9 Å². The van der Waals surface area contributed by atoms with Gasteiger partial charge in [-0.1, -0.05) is 30.3 Å². The molecule has 0 radical (unpaired) electrons. The third-order valence-corrected chi connectivity index (χ3v) is 4.53. The van der Waals surface area contributed by atoms with E-state index in [1.165, 1.54) is 17.7 Å². The van der Waals surface area contributed by atoms with Crippen LogP contribution in [-0.4, -0.2) is 45.7 Å². The first-order valence-corrected chi connectivity index (χ1v) is 8.90. The minimum atomic E-state index is -0.277. The molecule has 2 aromatic carbocycles. The molecule has 1 atom stereocenters. The Labute approximate surface area is 180 Å². The van der Waals surface area contributed by atoms with Gasteiger partial charge >= 0.3 is 0 Å². The summed E-state index contributed by atoms with van der Waals surface area (Å²) < 4.78 is 13.0. The van der Waals surface area contributed by atoms with E-state index in [2.05, 4.69) is 54.7 Å². The van der Waals surface area contributed by atoms with E-state index in [-0.39, 0.29) is 29.8 Å². The molecular weight excluding hydrogens is 470 g/mol. The molecule has 28 heavy (non-hydrogen) atoms. The Hall–Kier alpha value is -2.49. The predicted molar refractivity (Wildman–Crippen MR) is 118 cm³/mol. The number of aromatic amines is 1. The number of likely N-dealkylation sites (N-methyl/N-ethyl adjacent to an activating group) is 1. The number of nitrogens with zero attached hydrogens (tertiary/aromatic N) is 4. The maximum atomic E-state index is 13.0. The van der Waals surface area contributed by atoms with Gasteiger partial charge in [-0.2, -0.15) is 5.10 Å². The molecule has 1 unspecified atom stereocenters. The second-order valence-corrected chi connectivity index (χ2v) is 6.66. The Bertz CT molecular complexity index is 925. The minimum Gasteiger partial charge on any atom is -0.351 e. The number of benzene rings is 2. The summed E-state index contributed by atoms with van der Waals surface area (Å²) >= 11 is 0. The van der Waals surface area contributed by atoms with Crippen molar-refractivity contribution in [3.05, 3.63) is 71.8 Å². The van der Waals surface area contributed by atoms with Crippen LogP contribution in [0.25, 0.3) is 11.4 Å². The van der Waals surface area contributed by atoms with E-state index in [4.69, 9.17) is 0 Å². The highest BCUT2D eigenvalue weighted by molar-refractivity contribution is 14.0. The van der Waals surface area contributed by atoms with Crippen molar-refractivity contribution in [3.63, 3.8) is 0 Å². The molecule has 0 amide bonds. The van der Waals surface area contributed by atoms with Gasteiger partial charge in [0, 0.05) is 19.2 Å². The van der Waals surface area contributed by atoms with Gasteiger partial charge in [-0.25, -0.2) is 14.4 Å². The van der Waals surface area contributed by atoms with Crippen molar-refractivity contribution < 1.29 is 4.39 Å². The van der Waals surface area contributed by atoms with E-state index < -0.39 is 0 Å². The van der Waals surface area contributed by atoms with Gasteiger partial charge in [-0.3, -0.25) is 5.10 Å². The Morgan fingerprint density at radius 1 is 1.14 bits per heavy atom. The van der Waals surface area contributed by atoms with Crippen LogP contribution in [0.1, 0.15) is 11.4 Å². The number of guanidine groups is 1. The molecule has 1 aliphatic rings. The van der Waals surface area contributed by atoms with E-state index >= 15 is 0 Å². The van der Waals surface area contributed by atoms with E-state index in [0.29, 0.717) is 24.2 Å². The number of rotatable bonds is 5. The number of H-pyrrole nitrogens is 1. The summed E-state index contributed by atoms with van der Waals surface area (Å²) in [5.41, 5.74) is 2.08. The lowest BCUT2D eigenvalue weighted by atomic mass is 10.1. The maximum Gasteiger partial charge on any atom is 0.194 e. The summed E-state index contributed by atoms with van der Waals surface area (Å²) in [4.78, 5) is 11.2. The highest BCUT2D eigenvalue weighted by atomic mass is 127. The van der Waals surface area contributed by atoms with Gasteiger partial charge < -0.3 is 10.2 Å². The monoisotopic (exact) mass is 492 g/mol. The lowest BCUT2D eigenvalue weighted by Crippen LogP contribution is -2.30. The van der Waals surface area contributed by atoms with E-state index in [0.717, 1.165) is 24.5 Å². The van der Waals surface area contributed by atoms with Crippen molar-refractivity contribution in [2.24, 2.45) is 4.99 Å². The largest absolute Gasteiger partial charge is 0.351 e. The van der Waals surface area contributed by atoms with E-state index in [1.807, 2.05) is 13.1 Å². The van der Waals surface area contributed by atoms with Gasteiger partial charge in [0.1, 0.15) is 18.2 Å². The molecule has 6 nitrogen and oxygen atoms in total. The molecule has 1 aliphatic heterocycles. The first-order chi connectivity index (χ1) is 13.2. The van der Waals surface area contributed by atoms with Gasteiger partial charge in [0.25, 0.3) is 0 Å². The molecule has 0 bridgehead atoms. The fourth-order valence-corrected chi connectivity index (χ4v) is 3.18. The molecule has 3 aromatic rings. The Kier molecular flexibility index (Phi) is 6.61. The molecule has 2 N–H and O–H groups in total. The standard InChI is InChI=1S/C20H21FN6.HI/c1-27-13-17(11-14-5-3-2-4-6-14)23-20(27)22-12-18-24-19(26-25-18)15-7-9-16(21)10-8-15;/h2-10,17H,11-13H2,1H3,(H,22,23)(H,24,25,26);1H. The summed E-state index contributed by atoms with van der Waals surface area (Å²) in [5, 5.41) is 10.6. The van der Waals surface area contributed by atoms with Gasteiger partial charge in [-0.05, 0) is 36.2 Å². The lowest BCUT2D eigenvalue weighted by Gasteiger charge is -2.09. The topological polar surface area (TPSA) is 69.2 Å². The van der Waals surface area contributed by atoms with Crippen molar-refractivity contribution in [3.8, 4) is 11.4 Å². The quantitative estimate of drug-likeness (QED) is 0.537.